The predicted octanol–water partition coefficient (Wildman–Crippen LogP) is 3.99. The molecule has 1 heterocycles. The first-order valence-electron chi connectivity index (χ1n) is 7.47. The van der Waals surface area contributed by atoms with Crippen molar-refractivity contribution in [2.45, 2.75) is 18.3 Å². The summed E-state index contributed by atoms with van der Waals surface area (Å²) in [6.45, 7) is 1.85. The van der Waals surface area contributed by atoms with E-state index in [-0.39, 0.29) is 11.3 Å². The highest BCUT2D eigenvalue weighted by Gasteiger charge is 2.42. The Bertz CT molecular complexity index is 795. The summed E-state index contributed by atoms with van der Waals surface area (Å²) >= 11 is 7.51. The first-order chi connectivity index (χ1) is 11.5. The van der Waals surface area contributed by atoms with Gasteiger partial charge in [-0.3, -0.25) is 4.79 Å². The molecule has 0 radical (unpaired) electrons. The fourth-order valence-corrected chi connectivity index (χ4v) is 4.42. The fraction of sp³-hybridized carbons (Fsp3) is 0.222. The zero-order chi connectivity index (χ0) is 17.3. The van der Waals surface area contributed by atoms with E-state index in [1.807, 2.05) is 31.2 Å². The monoisotopic (exact) mass is 361 g/mol. The quantitative estimate of drug-likeness (QED) is 0.898. The molecule has 1 aliphatic heterocycles. The number of carboxylic acids is 1. The first kappa shape index (κ1) is 16.9. The number of nitrogens with zero attached hydrogens (tertiary/aromatic N) is 1. The second-order valence-corrected chi connectivity index (χ2v) is 7.17. The molecule has 1 N–H and O–H groups in total. The average molecular weight is 362 g/mol. The number of carboxylic acid groups (broad SMARTS) is 1. The van der Waals surface area contributed by atoms with Crippen LogP contribution in [0, 0.1) is 6.92 Å². The lowest BCUT2D eigenvalue weighted by Gasteiger charge is -2.28. The van der Waals surface area contributed by atoms with E-state index in [4.69, 9.17) is 11.6 Å². The molecule has 24 heavy (non-hydrogen) atoms. The van der Waals surface area contributed by atoms with Gasteiger partial charge in [-0.05, 0) is 36.2 Å². The number of aryl methyl sites for hydroxylation is 1. The third kappa shape index (κ3) is 3.14. The molecule has 1 saturated heterocycles. The van der Waals surface area contributed by atoms with Crippen LogP contribution in [0.2, 0.25) is 5.02 Å². The van der Waals surface area contributed by atoms with Crippen molar-refractivity contribution >= 4 is 35.2 Å². The number of hydrogen-bond donors (Lipinski definition) is 1. The standard InChI is InChI=1S/C18H16ClNO3S/c1-11-5-2-3-8-14(11)16(21)20-15(18(22)23)10-24-17(20)12-6-4-7-13(19)9-12/h2-9,15,17H,10H2,1H3,(H,22,23). The molecular formula is C18H16ClNO3S. The van der Waals surface area contributed by atoms with Gasteiger partial charge in [0, 0.05) is 16.3 Å². The van der Waals surface area contributed by atoms with E-state index in [1.165, 1.54) is 16.7 Å². The molecule has 0 spiro atoms. The molecule has 2 atom stereocenters. The fourth-order valence-electron chi connectivity index (χ4n) is 2.81. The third-order valence-electron chi connectivity index (χ3n) is 4.03. The Kier molecular flexibility index (Phi) is 4.83. The number of hydrogen-bond acceptors (Lipinski definition) is 3. The molecule has 0 saturated carbocycles. The van der Waals surface area contributed by atoms with Gasteiger partial charge in [0.2, 0.25) is 0 Å². The molecule has 1 amide bonds. The summed E-state index contributed by atoms with van der Waals surface area (Å²) in [5.74, 6) is -0.908. The van der Waals surface area contributed by atoms with Crippen molar-refractivity contribution in [3.05, 3.63) is 70.2 Å². The van der Waals surface area contributed by atoms with Crippen LogP contribution in [0.1, 0.15) is 26.9 Å². The molecule has 4 nitrogen and oxygen atoms in total. The number of carbonyl (C=O) groups is 2. The zero-order valence-corrected chi connectivity index (χ0v) is 14.6. The maximum Gasteiger partial charge on any atom is 0.327 e. The number of halogens is 1. The van der Waals surface area contributed by atoms with Gasteiger partial charge in [-0.1, -0.05) is 41.9 Å². The van der Waals surface area contributed by atoms with Gasteiger partial charge < -0.3 is 10.0 Å². The second kappa shape index (κ2) is 6.87. The summed E-state index contributed by atoms with van der Waals surface area (Å²) in [6.07, 6.45) is 0. The molecule has 0 aromatic heterocycles. The summed E-state index contributed by atoms with van der Waals surface area (Å²) < 4.78 is 0. The summed E-state index contributed by atoms with van der Waals surface area (Å²) in [5, 5.41) is 9.74. The van der Waals surface area contributed by atoms with Crippen LogP contribution in [0.3, 0.4) is 0 Å². The van der Waals surface area contributed by atoms with Gasteiger partial charge in [-0.2, -0.15) is 0 Å². The summed E-state index contributed by atoms with van der Waals surface area (Å²) in [7, 11) is 0. The molecule has 6 heteroatoms. The van der Waals surface area contributed by atoms with E-state index in [0.717, 1.165) is 11.1 Å². The molecule has 0 aliphatic carbocycles. The van der Waals surface area contributed by atoms with Crippen LogP contribution in [0.4, 0.5) is 0 Å². The Labute approximate surface area is 149 Å². The highest BCUT2D eigenvalue weighted by molar-refractivity contribution is 7.99. The smallest absolute Gasteiger partial charge is 0.327 e. The topological polar surface area (TPSA) is 57.6 Å². The van der Waals surface area contributed by atoms with Gasteiger partial charge in [0.1, 0.15) is 11.4 Å². The van der Waals surface area contributed by atoms with Crippen molar-refractivity contribution < 1.29 is 14.7 Å². The molecule has 124 valence electrons. The molecule has 2 aromatic rings. The van der Waals surface area contributed by atoms with Crippen molar-refractivity contribution in [2.75, 3.05) is 5.75 Å². The summed E-state index contributed by atoms with van der Waals surface area (Å²) in [5.41, 5.74) is 2.19. The molecule has 1 aliphatic rings. The summed E-state index contributed by atoms with van der Waals surface area (Å²) in [4.78, 5) is 26.2. The number of rotatable bonds is 3. The minimum Gasteiger partial charge on any atom is -0.480 e. The van der Waals surface area contributed by atoms with Crippen LogP contribution in [0.15, 0.2) is 48.5 Å². The highest BCUT2D eigenvalue weighted by atomic mass is 35.5. The van der Waals surface area contributed by atoms with Crippen LogP contribution in [0.25, 0.3) is 0 Å². The van der Waals surface area contributed by atoms with Gasteiger partial charge in [0.05, 0.1) is 0 Å². The SMILES string of the molecule is Cc1ccccc1C(=O)N1C(C(=O)O)CSC1c1cccc(Cl)c1. The average Bonchev–Trinajstić information content (AvgIpc) is 3.00. The summed E-state index contributed by atoms with van der Waals surface area (Å²) in [6, 6.07) is 13.6. The lowest BCUT2D eigenvalue weighted by atomic mass is 10.1. The molecule has 3 rings (SSSR count). The number of aliphatic carboxylic acids is 1. The van der Waals surface area contributed by atoms with Crippen molar-refractivity contribution in [2.24, 2.45) is 0 Å². The molecule has 0 bridgehead atoms. The Morgan fingerprint density at radius 2 is 1.96 bits per heavy atom. The maximum absolute atomic E-state index is 13.1. The number of benzene rings is 2. The van der Waals surface area contributed by atoms with Crippen LogP contribution < -0.4 is 0 Å². The van der Waals surface area contributed by atoms with Gasteiger partial charge in [0.25, 0.3) is 5.91 Å². The predicted molar refractivity (Wildman–Crippen MR) is 95.4 cm³/mol. The Morgan fingerprint density at radius 3 is 2.62 bits per heavy atom. The number of thioether (sulfide) groups is 1. The Morgan fingerprint density at radius 1 is 1.21 bits per heavy atom. The highest BCUT2D eigenvalue weighted by Crippen LogP contribution is 2.43. The van der Waals surface area contributed by atoms with E-state index in [1.54, 1.807) is 24.3 Å². The second-order valence-electron chi connectivity index (χ2n) is 5.62. The van der Waals surface area contributed by atoms with Crippen molar-refractivity contribution in [1.29, 1.82) is 0 Å². The zero-order valence-electron chi connectivity index (χ0n) is 13.0. The maximum atomic E-state index is 13.1. The van der Waals surface area contributed by atoms with E-state index in [9.17, 15) is 14.7 Å². The van der Waals surface area contributed by atoms with Crippen molar-refractivity contribution in [3.63, 3.8) is 0 Å². The molecule has 2 aromatic carbocycles. The van der Waals surface area contributed by atoms with E-state index < -0.39 is 12.0 Å². The molecular weight excluding hydrogens is 346 g/mol. The van der Waals surface area contributed by atoms with Crippen molar-refractivity contribution in [3.8, 4) is 0 Å². The number of amides is 1. The van der Waals surface area contributed by atoms with Crippen LogP contribution >= 0.6 is 23.4 Å². The first-order valence-corrected chi connectivity index (χ1v) is 8.90. The molecule has 2 unspecified atom stereocenters. The van der Waals surface area contributed by atoms with Gasteiger partial charge in [-0.25, -0.2) is 4.79 Å². The van der Waals surface area contributed by atoms with E-state index in [0.29, 0.717) is 16.3 Å². The van der Waals surface area contributed by atoms with Gasteiger partial charge >= 0.3 is 5.97 Å². The van der Waals surface area contributed by atoms with Crippen LogP contribution in [0.5, 0.6) is 0 Å². The lowest BCUT2D eigenvalue weighted by Crippen LogP contribution is -2.43. The van der Waals surface area contributed by atoms with Crippen molar-refractivity contribution in [1.82, 2.24) is 4.90 Å². The minimum absolute atomic E-state index is 0.268. The van der Waals surface area contributed by atoms with E-state index in [2.05, 4.69) is 0 Å². The Hall–Kier alpha value is -1.98. The number of carbonyl (C=O) groups excluding carboxylic acids is 1. The lowest BCUT2D eigenvalue weighted by molar-refractivity contribution is -0.141. The third-order valence-corrected chi connectivity index (χ3v) is 5.59. The Balaban J connectivity index is 2.02. The molecule has 1 fully saturated rings. The minimum atomic E-state index is -0.992. The van der Waals surface area contributed by atoms with Crippen LogP contribution in [-0.2, 0) is 4.79 Å². The van der Waals surface area contributed by atoms with E-state index >= 15 is 0 Å². The van der Waals surface area contributed by atoms with Crippen LogP contribution in [-0.4, -0.2) is 33.7 Å². The van der Waals surface area contributed by atoms with Gasteiger partial charge in [0.15, 0.2) is 0 Å². The van der Waals surface area contributed by atoms with Gasteiger partial charge in [-0.15, -0.1) is 11.8 Å². The normalized spacial score (nSPS) is 20.2. The largest absolute Gasteiger partial charge is 0.480 e.